The lowest BCUT2D eigenvalue weighted by Crippen LogP contribution is -2.18. The van der Waals surface area contributed by atoms with Crippen LogP contribution in [-0.4, -0.2) is 30.4 Å². The molecule has 0 bridgehead atoms. The number of nitrogens with one attached hydrogen (secondary N) is 1. The van der Waals surface area contributed by atoms with Crippen molar-refractivity contribution in [3.05, 3.63) is 69.1 Å². The van der Waals surface area contributed by atoms with E-state index in [0.29, 0.717) is 12.2 Å². The number of hydrogen-bond donors (Lipinski definition) is 1. The van der Waals surface area contributed by atoms with Gasteiger partial charge in [-0.05, 0) is 22.6 Å². The molecule has 2 heterocycles. The second-order valence-corrected chi connectivity index (χ2v) is 6.15. The molecule has 1 aromatic carbocycles. The van der Waals surface area contributed by atoms with Gasteiger partial charge in [0.1, 0.15) is 6.54 Å². The molecular formula is C15H13BrN6O3. The summed E-state index contributed by atoms with van der Waals surface area (Å²) in [5, 5.41) is 21.2. The van der Waals surface area contributed by atoms with Crippen LogP contribution >= 0.6 is 15.9 Å². The molecule has 0 saturated carbocycles. The maximum Gasteiger partial charge on any atom is 0.389 e. The van der Waals surface area contributed by atoms with E-state index in [4.69, 9.17) is 0 Å². The summed E-state index contributed by atoms with van der Waals surface area (Å²) in [6.07, 6.45) is 4.64. The molecule has 0 spiro atoms. The fourth-order valence-electron chi connectivity index (χ4n) is 2.18. The van der Waals surface area contributed by atoms with Crippen LogP contribution in [0.2, 0.25) is 0 Å². The normalized spacial score (nSPS) is 10.6. The highest BCUT2D eigenvalue weighted by Gasteiger charge is 2.13. The van der Waals surface area contributed by atoms with Crippen molar-refractivity contribution in [1.82, 2.24) is 19.6 Å². The molecule has 2 aromatic heterocycles. The quantitative estimate of drug-likeness (QED) is 0.501. The first kappa shape index (κ1) is 16.8. The lowest BCUT2D eigenvalue weighted by Gasteiger charge is -2.02. The molecule has 1 amide bonds. The van der Waals surface area contributed by atoms with Crippen LogP contribution in [0.5, 0.6) is 0 Å². The van der Waals surface area contributed by atoms with Crippen molar-refractivity contribution >= 4 is 33.3 Å². The van der Waals surface area contributed by atoms with Gasteiger partial charge in [0.2, 0.25) is 5.91 Å². The largest absolute Gasteiger partial charge is 0.389 e. The maximum atomic E-state index is 12.0. The lowest BCUT2D eigenvalue weighted by atomic mass is 10.2. The first-order valence-corrected chi connectivity index (χ1v) is 8.03. The number of aromatic nitrogens is 4. The summed E-state index contributed by atoms with van der Waals surface area (Å²) < 4.78 is 3.92. The van der Waals surface area contributed by atoms with Gasteiger partial charge in [-0.3, -0.25) is 9.48 Å². The Kier molecular flexibility index (Phi) is 4.89. The molecule has 0 radical (unpaired) electrons. The summed E-state index contributed by atoms with van der Waals surface area (Å²) in [5.74, 6) is -0.642. The number of nitrogens with zero attached hydrogens (tertiary/aromatic N) is 5. The van der Waals surface area contributed by atoms with Crippen LogP contribution in [0, 0.1) is 10.1 Å². The van der Waals surface area contributed by atoms with Crippen molar-refractivity contribution in [2.75, 3.05) is 5.32 Å². The Morgan fingerprint density at radius 1 is 1.24 bits per heavy atom. The molecule has 0 aliphatic heterocycles. The summed E-state index contributed by atoms with van der Waals surface area (Å²) in [4.78, 5) is 21.9. The standard InChI is InChI=1S/C15H13BrN6O3/c16-12-3-1-11(2-4-12)8-21-9-13(7-17-21)18-15(23)10-20-6-5-14(19-20)22(24)25/h1-7,9H,8,10H2,(H,18,23). The van der Waals surface area contributed by atoms with Gasteiger partial charge in [0.25, 0.3) is 0 Å². The Balaban J connectivity index is 1.57. The van der Waals surface area contributed by atoms with Gasteiger partial charge in [0.15, 0.2) is 0 Å². The second-order valence-electron chi connectivity index (χ2n) is 5.23. The molecule has 1 N–H and O–H groups in total. The first-order chi connectivity index (χ1) is 12.0. The summed E-state index contributed by atoms with van der Waals surface area (Å²) >= 11 is 3.38. The van der Waals surface area contributed by atoms with E-state index in [2.05, 4.69) is 31.4 Å². The van der Waals surface area contributed by atoms with E-state index in [1.54, 1.807) is 17.1 Å². The average molecular weight is 405 g/mol. The van der Waals surface area contributed by atoms with Gasteiger partial charge in [-0.25, -0.2) is 0 Å². The molecule has 0 atom stereocenters. The number of anilines is 1. The number of rotatable bonds is 6. The highest BCUT2D eigenvalue weighted by atomic mass is 79.9. The van der Waals surface area contributed by atoms with Crippen LogP contribution in [0.3, 0.4) is 0 Å². The molecule has 10 heteroatoms. The van der Waals surface area contributed by atoms with Crippen LogP contribution < -0.4 is 5.32 Å². The topological polar surface area (TPSA) is 108 Å². The number of halogens is 1. The molecule has 0 saturated heterocycles. The zero-order valence-electron chi connectivity index (χ0n) is 12.9. The number of hydrogen-bond acceptors (Lipinski definition) is 5. The van der Waals surface area contributed by atoms with Gasteiger partial charge in [-0.1, -0.05) is 28.1 Å². The molecule has 3 aromatic rings. The van der Waals surface area contributed by atoms with E-state index in [9.17, 15) is 14.9 Å². The molecule has 0 unspecified atom stereocenters. The summed E-state index contributed by atoms with van der Waals surface area (Å²) in [7, 11) is 0. The van der Waals surface area contributed by atoms with Crippen molar-refractivity contribution in [3.8, 4) is 0 Å². The van der Waals surface area contributed by atoms with Crippen molar-refractivity contribution in [1.29, 1.82) is 0 Å². The highest BCUT2D eigenvalue weighted by Crippen LogP contribution is 2.13. The van der Waals surface area contributed by atoms with Crippen LogP contribution in [0.4, 0.5) is 11.5 Å². The minimum Gasteiger partial charge on any atom is -0.358 e. The predicted molar refractivity (Wildman–Crippen MR) is 93.0 cm³/mol. The van der Waals surface area contributed by atoms with Crippen LogP contribution in [-0.2, 0) is 17.9 Å². The van der Waals surface area contributed by atoms with E-state index < -0.39 is 4.92 Å². The number of amides is 1. The van der Waals surface area contributed by atoms with E-state index in [1.807, 2.05) is 24.3 Å². The number of carbonyl (C=O) groups excluding carboxylic acids is 1. The smallest absolute Gasteiger partial charge is 0.358 e. The maximum absolute atomic E-state index is 12.0. The van der Waals surface area contributed by atoms with Crippen molar-refractivity contribution in [3.63, 3.8) is 0 Å². The van der Waals surface area contributed by atoms with Crippen LogP contribution in [0.25, 0.3) is 0 Å². The third kappa shape index (κ3) is 4.51. The minimum atomic E-state index is -0.611. The molecule has 25 heavy (non-hydrogen) atoms. The van der Waals surface area contributed by atoms with Gasteiger partial charge in [-0.2, -0.15) is 9.78 Å². The third-order valence-corrected chi connectivity index (χ3v) is 3.82. The lowest BCUT2D eigenvalue weighted by molar-refractivity contribution is -0.389. The fraction of sp³-hybridized carbons (Fsp3) is 0.133. The van der Waals surface area contributed by atoms with E-state index in [-0.39, 0.29) is 18.3 Å². The van der Waals surface area contributed by atoms with Crippen LogP contribution in [0.15, 0.2) is 53.4 Å². The Morgan fingerprint density at radius 3 is 2.68 bits per heavy atom. The summed E-state index contributed by atoms with van der Waals surface area (Å²) in [6.45, 7) is 0.459. The van der Waals surface area contributed by atoms with Gasteiger partial charge in [0.05, 0.1) is 35.8 Å². The minimum absolute atomic E-state index is 0.119. The number of carbonyl (C=O) groups is 1. The molecule has 3 rings (SSSR count). The average Bonchev–Trinajstić information content (AvgIpc) is 3.19. The fourth-order valence-corrected chi connectivity index (χ4v) is 2.44. The molecule has 0 aliphatic rings. The predicted octanol–water partition coefficient (Wildman–Crippen LogP) is 2.44. The Hall–Kier alpha value is -3.01. The van der Waals surface area contributed by atoms with Gasteiger partial charge < -0.3 is 15.4 Å². The van der Waals surface area contributed by atoms with E-state index in [0.717, 1.165) is 10.0 Å². The Bertz CT molecular complexity index is 902. The first-order valence-electron chi connectivity index (χ1n) is 7.24. The molecule has 9 nitrogen and oxygen atoms in total. The van der Waals surface area contributed by atoms with Crippen molar-refractivity contribution in [2.45, 2.75) is 13.1 Å². The SMILES string of the molecule is O=C(Cn1ccc([N+](=O)[O-])n1)Nc1cnn(Cc2ccc(Br)cc2)c1. The zero-order valence-corrected chi connectivity index (χ0v) is 14.5. The van der Waals surface area contributed by atoms with Gasteiger partial charge in [0, 0.05) is 10.7 Å². The van der Waals surface area contributed by atoms with E-state index >= 15 is 0 Å². The van der Waals surface area contributed by atoms with Crippen LogP contribution in [0.1, 0.15) is 5.56 Å². The molecular weight excluding hydrogens is 392 g/mol. The van der Waals surface area contributed by atoms with E-state index in [1.165, 1.54) is 16.9 Å². The summed E-state index contributed by atoms with van der Waals surface area (Å²) in [5.41, 5.74) is 1.62. The summed E-state index contributed by atoms with van der Waals surface area (Å²) in [6, 6.07) is 9.10. The van der Waals surface area contributed by atoms with Gasteiger partial charge >= 0.3 is 5.82 Å². The second kappa shape index (κ2) is 7.26. The zero-order chi connectivity index (χ0) is 17.8. The van der Waals surface area contributed by atoms with Gasteiger partial charge in [-0.15, -0.1) is 0 Å². The van der Waals surface area contributed by atoms with Crippen molar-refractivity contribution < 1.29 is 9.72 Å². The number of nitro groups is 1. The van der Waals surface area contributed by atoms with Crippen molar-refractivity contribution in [2.24, 2.45) is 0 Å². The molecule has 128 valence electrons. The Labute approximate surface area is 150 Å². The monoisotopic (exact) mass is 404 g/mol. The number of benzene rings is 1. The molecule has 0 aliphatic carbocycles. The highest BCUT2D eigenvalue weighted by molar-refractivity contribution is 9.10. The Morgan fingerprint density at radius 2 is 2.00 bits per heavy atom. The molecule has 0 fully saturated rings. The third-order valence-electron chi connectivity index (χ3n) is 3.29.